The Morgan fingerprint density at radius 2 is 1.77 bits per heavy atom. The van der Waals surface area contributed by atoms with Gasteiger partial charge in [0.2, 0.25) is 0 Å². The van der Waals surface area contributed by atoms with E-state index in [4.69, 9.17) is 9.47 Å². The number of carbonyl (C=O) groups excluding carboxylic acids is 1. The van der Waals surface area contributed by atoms with Crippen LogP contribution in [0.4, 0.5) is 0 Å². The van der Waals surface area contributed by atoms with E-state index >= 15 is 0 Å². The molecule has 0 aliphatic heterocycles. The molecule has 0 radical (unpaired) electrons. The minimum Gasteiger partial charge on any atom is -0.458 e. The van der Waals surface area contributed by atoms with Crippen LogP contribution in [0, 0.1) is 0 Å². The molecule has 0 spiro atoms. The Labute approximate surface area is 132 Å². The summed E-state index contributed by atoms with van der Waals surface area (Å²) in [5.41, 5.74) is 2.21. The minimum absolute atomic E-state index is 0.144. The van der Waals surface area contributed by atoms with Crippen molar-refractivity contribution in [2.24, 2.45) is 0 Å². The van der Waals surface area contributed by atoms with Crippen molar-refractivity contribution in [2.75, 3.05) is 0 Å². The second kappa shape index (κ2) is 7.10. The predicted molar refractivity (Wildman–Crippen MR) is 86.3 cm³/mol. The van der Waals surface area contributed by atoms with Crippen LogP contribution in [0.3, 0.4) is 0 Å². The molecular weight excluding hydrogens is 276 g/mol. The van der Waals surface area contributed by atoms with Crippen molar-refractivity contribution in [1.29, 1.82) is 0 Å². The first-order valence-electron chi connectivity index (χ1n) is 8.32. The molecule has 0 N–H and O–H groups in total. The van der Waals surface area contributed by atoms with Crippen LogP contribution in [-0.4, -0.2) is 24.3 Å². The fraction of sp³-hybridized carbons (Fsp3) is 0.526. The number of ether oxygens (including phenoxy) is 2. The van der Waals surface area contributed by atoms with E-state index in [-0.39, 0.29) is 18.2 Å². The zero-order valence-electron chi connectivity index (χ0n) is 13.2. The van der Waals surface area contributed by atoms with Gasteiger partial charge in [-0.05, 0) is 42.9 Å². The van der Waals surface area contributed by atoms with Crippen molar-refractivity contribution in [3.63, 3.8) is 0 Å². The van der Waals surface area contributed by atoms with Crippen LogP contribution < -0.4 is 0 Å². The Hall–Kier alpha value is -1.61. The van der Waals surface area contributed by atoms with Crippen molar-refractivity contribution in [2.45, 2.75) is 63.8 Å². The number of carbonyl (C=O) groups is 1. The van der Waals surface area contributed by atoms with Crippen LogP contribution in [0.2, 0.25) is 0 Å². The molecule has 118 valence electrons. The van der Waals surface area contributed by atoms with Crippen molar-refractivity contribution in [3.8, 4) is 0 Å². The van der Waals surface area contributed by atoms with Gasteiger partial charge in [-0.25, -0.2) is 0 Å². The molecule has 1 aromatic rings. The zero-order valence-corrected chi connectivity index (χ0v) is 13.2. The summed E-state index contributed by atoms with van der Waals surface area (Å²) in [6, 6.07) is 10.2. The molecule has 0 amide bonds. The highest BCUT2D eigenvalue weighted by Gasteiger charge is 2.28. The Morgan fingerprint density at radius 1 is 1.05 bits per heavy atom. The lowest BCUT2D eigenvalue weighted by Gasteiger charge is -2.30. The number of rotatable bonds is 4. The van der Waals surface area contributed by atoms with Gasteiger partial charge in [-0.3, -0.25) is 4.79 Å². The van der Waals surface area contributed by atoms with Crippen LogP contribution in [0.5, 0.6) is 0 Å². The third kappa shape index (κ3) is 3.77. The molecule has 1 aromatic carbocycles. The van der Waals surface area contributed by atoms with Crippen molar-refractivity contribution >= 4 is 11.5 Å². The molecule has 0 bridgehead atoms. The van der Waals surface area contributed by atoms with E-state index in [9.17, 15) is 4.79 Å². The van der Waals surface area contributed by atoms with Crippen LogP contribution >= 0.6 is 0 Å². The van der Waals surface area contributed by atoms with Gasteiger partial charge < -0.3 is 9.47 Å². The molecule has 2 aliphatic carbocycles. The first kappa shape index (κ1) is 15.3. The number of hydrogen-bond acceptors (Lipinski definition) is 3. The van der Waals surface area contributed by atoms with Gasteiger partial charge in [-0.2, -0.15) is 0 Å². The molecule has 0 heterocycles. The molecular formula is C19H24O3. The summed E-state index contributed by atoms with van der Waals surface area (Å²) in [5, 5.41) is 0. The lowest BCUT2D eigenvalue weighted by Crippen LogP contribution is -2.28. The summed E-state index contributed by atoms with van der Waals surface area (Å²) < 4.78 is 11.8. The van der Waals surface area contributed by atoms with Gasteiger partial charge in [0.15, 0.2) is 0 Å². The van der Waals surface area contributed by atoms with E-state index in [1.54, 1.807) is 0 Å². The minimum atomic E-state index is -0.220. The van der Waals surface area contributed by atoms with E-state index in [0.717, 1.165) is 24.0 Å². The molecule has 1 saturated carbocycles. The van der Waals surface area contributed by atoms with Gasteiger partial charge in [0.05, 0.1) is 12.2 Å². The van der Waals surface area contributed by atoms with Crippen molar-refractivity contribution in [1.82, 2.24) is 0 Å². The smallest absolute Gasteiger partial charge is 0.303 e. The fourth-order valence-electron chi connectivity index (χ4n) is 3.48. The number of benzene rings is 1. The van der Waals surface area contributed by atoms with Crippen LogP contribution in [0.1, 0.15) is 51.0 Å². The highest BCUT2D eigenvalue weighted by atomic mass is 16.5. The molecule has 1 fully saturated rings. The zero-order chi connectivity index (χ0) is 15.4. The Bertz CT molecular complexity index is 529. The maximum Gasteiger partial charge on any atom is 0.303 e. The van der Waals surface area contributed by atoms with Gasteiger partial charge in [0.1, 0.15) is 6.10 Å². The summed E-state index contributed by atoms with van der Waals surface area (Å²) in [4.78, 5) is 11.4. The van der Waals surface area contributed by atoms with Crippen LogP contribution in [0.25, 0.3) is 5.57 Å². The van der Waals surface area contributed by atoms with Gasteiger partial charge in [-0.1, -0.05) is 43.2 Å². The van der Waals surface area contributed by atoms with E-state index in [2.05, 4.69) is 18.2 Å². The van der Waals surface area contributed by atoms with Crippen molar-refractivity contribution < 1.29 is 14.3 Å². The molecule has 3 heteroatoms. The highest BCUT2D eigenvalue weighted by molar-refractivity contribution is 5.74. The maximum atomic E-state index is 11.4. The van der Waals surface area contributed by atoms with E-state index in [0.29, 0.717) is 6.10 Å². The second-order valence-electron chi connectivity index (χ2n) is 6.24. The topological polar surface area (TPSA) is 35.5 Å². The molecule has 0 aromatic heterocycles. The summed E-state index contributed by atoms with van der Waals surface area (Å²) in [5.74, 6) is -0.220. The maximum absolute atomic E-state index is 11.4. The SMILES string of the molecule is CC(=O)O[C@@H]1CC[C@@H](OC2CCCC2)C=C1c1ccccc1. The third-order valence-electron chi connectivity index (χ3n) is 4.51. The van der Waals surface area contributed by atoms with Crippen LogP contribution in [0.15, 0.2) is 36.4 Å². The monoisotopic (exact) mass is 300 g/mol. The number of hydrogen-bond donors (Lipinski definition) is 0. The average Bonchev–Trinajstić information content (AvgIpc) is 3.02. The molecule has 2 atom stereocenters. The fourth-order valence-corrected chi connectivity index (χ4v) is 3.48. The summed E-state index contributed by atoms with van der Waals surface area (Å²) in [6.45, 7) is 1.48. The molecule has 3 rings (SSSR count). The standard InChI is InChI=1S/C19H24O3/c1-14(20)21-19-12-11-17(22-16-9-5-6-10-16)13-18(19)15-7-3-2-4-8-15/h2-4,7-8,13,16-17,19H,5-6,9-12H2,1H3/t17-,19-/m1/s1. The Kier molecular flexibility index (Phi) is 4.94. The van der Waals surface area contributed by atoms with Gasteiger partial charge in [-0.15, -0.1) is 0 Å². The van der Waals surface area contributed by atoms with E-state index < -0.39 is 0 Å². The summed E-state index contributed by atoms with van der Waals surface area (Å²) in [6.07, 6.45) is 9.24. The van der Waals surface area contributed by atoms with E-state index in [1.807, 2.05) is 18.2 Å². The second-order valence-corrected chi connectivity index (χ2v) is 6.24. The normalized spacial score (nSPS) is 25.8. The van der Waals surface area contributed by atoms with E-state index in [1.165, 1.54) is 32.6 Å². The Balaban J connectivity index is 1.79. The molecule has 3 nitrogen and oxygen atoms in total. The number of esters is 1. The molecule has 22 heavy (non-hydrogen) atoms. The van der Waals surface area contributed by atoms with Gasteiger partial charge in [0.25, 0.3) is 0 Å². The molecule has 2 aliphatic rings. The predicted octanol–water partition coefficient (Wildman–Crippen LogP) is 4.12. The summed E-state index contributed by atoms with van der Waals surface area (Å²) in [7, 11) is 0. The first-order valence-corrected chi connectivity index (χ1v) is 8.32. The highest BCUT2D eigenvalue weighted by Crippen LogP contribution is 2.33. The third-order valence-corrected chi connectivity index (χ3v) is 4.51. The lowest BCUT2D eigenvalue weighted by atomic mass is 9.89. The Morgan fingerprint density at radius 3 is 2.45 bits per heavy atom. The molecule has 0 saturated heterocycles. The quantitative estimate of drug-likeness (QED) is 0.785. The first-order chi connectivity index (χ1) is 10.7. The van der Waals surface area contributed by atoms with Crippen LogP contribution in [-0.2, 0) is 14.3 Å². The molecule has 0 unspecified atom stereocenters. The van der Waals surface area contributed by atoms with Gasteiger partial charge >= 0.3 is 5.97 Å². The summed E-state index contributed by atoms with van der Waals surface area (Å²) >= 11 is 0. The van der Waals surface area contributed by atoms with Crippen molar-refractivity contribution in [3.05, 3.63) is 42.0 Å². The van der Waals surface area contributed by atoms with Gasteiger partial charge in [0, 0.05) is 6.92 Å². The largest absolute Gasteiger partial charge is 0.458 e. The average molecular weight is 300 g/mol. The lowest BCUT2D eigenvalue weighted by molar-refractivity contribution is -0.144.